The lowest BCUT2D eigenvalue weighted by Gasteiger charge is -2.15. The number of methoxy groups -OCH3 is 3. The number of carbonyl (C=O) groups is 1. The van der Waals surface area contributed by atoms with Crippen molar-refractivity contribution in [2.24, 2.45) is 0 Å². The highest BCUT2D eigenvalue weighted by molar-refractivity contribution is 7.22. The van der Waals surface area contributed by atoms with E-state index >= 15 is 0 Å². The smallest absolute Gasteiger partial charge is 0.276 e. The average molecular weight is 566 g/mol. The van der Waals surface area contributed by atoms with E-state index in [9.17, 15) is 4.79 Å². The molecule has 1 N–H and O–H groups in total. The van der Waals surface area contributed by atoms with E-state index in [0.29, 0.717) is 39.3 Å². The van der Waals surface area contributed by atoms with Crippen molar-refractivity contribution in [1.29, 1.82) is 0 Å². The molecule has 41 heavy (non-hydrogen) atoms. The Labute approximate surface area is 240 Å². The highest BCUT2D eigenvalue weighted by Crippen LogP contribution is 2.41. The van der Waals surface area contributed by atoms with Crippen LogP contribution in [-0.2, 0) is 0 Å². The maximum absolute atomic E-state index is 13.6. The van der Waals surface area contributed by atoms with Gasteiger partial charge in [-0.15, -0.1) is 0 Å². The van der Waals surface area contributed by atoms with Crippen molar-refractivity contribution in [1.82, 2.24) is 19.6 Å². The van der Waals surface area contributed by atoms with Crippen molar-refractivity contribution in [3.8, 4) is 39.8 Å². The number of thiazole rings is 1. The molecule has 0 spiro atoms. The lowest BCUT2D eigenvalue weighted by atomic mass is 10.1. The van der Waals surface area contributed by atoms with Crippen LogP contribution < -0.4 is 19.5 Å². The maximum Gasteiger partial charge on any atom is 0.276 e. The molecule has 0 bridgehead atoms. The van der Waals surface area contributed by atoms with E-state index in [-0.39, 0.29) is 11.6 Å². The van der Waals surface area contributed by atoms with Crippen LogP contribution in [0.1, 0.15) is 21.6 Å². The molecule has 6 aromatic rings. The molecule has 0 aliphatic rings. The number of amides is 1. The minimum atomic E-state index is -0.379. The number of rotatable bonds is 7. The SMILES string of the molecule is COc1cc(-c2cc(C(=O)Nc3nc4cc(C)c(C)cc4s3)nc3cc(-c4ccccc4)nn23)cc(OC)c1OC. The highest BCUT2D eigenvalue weighted by atomic mass is 32.1. The van der Waals surface area contributed by atoms with Crippen LogP contribution in [0, 0.1) is 13.8 Å². The molecule has 0 unspecified atom stereocenters. The van der Waals surface area contributed by atoms with Crippen LogP contribution in [-0.4, -0.2) is 46.8 Å². The molecule has 0 saturated heterocycles. The van der Waals surface area contributed by atoms with E-state index < -0.39 is 0 Å². The lowest BCUT2D eigenvalue weighted by Crippen LogP contribution is -2.15. The molecular weight excluding hydrogens is 538 g/mol. The van der Waals surface area contributed by atoms with Gasteiger partial charge in [-0.25, -0.2) is 14.5 Å². The summed E-state index contributed by atoms with van der Waals surface area (Å²) in [5.74, 6) is 1.05. The number of benzene rings is 3. The molecule has 206 valence electrons. The summed E-state index contributed by atoms with van der Waals surface area (Å²) in [4.78, 5) is 22.9. The van der Waals surface area contributed by atoms with Crippen LogP contribution in [0.4, 0.5) is 5.13 Å². The van der Waals surface area contributed by atoms with Gasteiger partial charge >= 0.3 is 0 Å². The van der Waals surface area contributed by atoms with Crippen molar-refractivity contribution >= 4 is 38.2 Å². The molecule has 0 radical (unpaired) electrons. The molecule has 0 aliphatic heterocycles. The fraction of sp³-hybridized carbons (Fsp3) is 0.161. The summed E-state index contributed by atoms with van der Waals surface area (Å²) in [5.41, 5.74) is 6.88. The monoisotopic (exact) mass is 565 g/mol. The van der Waals surface area contributed by atoms with Gasteiger partial charge in [0.2, 0.25) is 5.75 Å². The third kappa shape index (κ3) is 4.82. The number of anilines is 1. The molecule has 9 nitrogen and oxygen atoms in total. The Morgan fingerprint density at radius 2 is 1.54 bits per heavy atom. The van der Waals surface area contributed by atoms with Crippen LogP contribution in [0.2, 0.25) is 0 Å². The molecule has 6 rings (SSSR count). The van der Waals surface area contributed by atoms with Crippen LogP contribution >= 0.6 is 11.3 Å². The zero-order valence-corrected chi connectivity index (χ0v) is 24.0. The molecule has 1 amide bonds. The second kappa shape index (κ2) is 10.5. The average Bonchev–Trinajstić information content (AvgIpc) is 3.59. The highest BCUT2D eigenvalue weighted by Gasteiger charge is 2.21. The number of carbonyl (C=O) groups excluding carboxylic acids is 1. The quantitative estimate of drug-likeness (QED) is 0.234. The van der Waals surface area contributed by atoms with Crippen molar-refractivity contribution in [3.63, 3.8) is 0 Å². The maximum atomic E-state index is 13.6. The van der Waals surface area contributed by atoms with Crippen molar-refractivity contribution in [2.45, 2.75) is 13.8 Å². The molecule has 0 aliphatic carbocycles. The summed E-state index contributed by atoms with van der Waals surface area (Å²) in [6, 6.07) is 21.1. The van der Waals surface area contributed by atoms with Crippen LogP contribution in [0.5, 0.6) is 17.2 Å². The number of aromatic nitrogens is 4. The fourth-order valence-electron chi connectivity index (χ4n) is 4.67. The Kier molecular flexibility index (Phi) is 6.76. The van der Waals surface area contributed by atoms with Gasteiger partial charge in [0.05, 0.1) is 42.9 Å². The largest absolute Gasteiger partial charge is 0.493 e. The Bertz CT molecular complexity index is 1870. The number of nitrogens with one attached hydrogen (secondary N) is 1. The third-order valence-corrected chi connectivity index (χ3v) is 7.85. The topological polar surface area (TPSA) is 99.9 Å². The van der Waals surface area contributed by atoms with E-state index in [1.165, 1.54) is 16.9 Å². The predicted molar refractivity (Wildman–Crippen MR) is 161 cm³/mol. The van der Waals surface area contributed by atoms with Crippen molar-refractivity contribution in [3.05, 3.63) is 83.6 Å². The molecule has 3 heterocycles. The molecule has 0 fully saturated rings. The Morgan fingerprint density at radius 3 is 2.22 bits per heavy atom. The Morgan fingerprint density at radius 1 is 0.829 bits per heavy atom. The van der Waals surface area contributed by atoms with Gasteiger partial charge in [0.15, 0.2) is 22.3 Å². The van der Waals surface area contributed by atoms with E-state index in [4.69, 9.17) is 19.3 Å². The molecule has 3 aromatic carbocycles. The van der Waals surface area contributed by atoms with Gasteiger partial charge in [0, 0.05) is 17.2 Å². The number of fused-ring (bicyclic) bond motifs is 2. The molecular formula is C31H27N5O4S. The van der Waals surface area contributed by atoms with E-state index in [0.717, 1.165) is 27.0 Å². The Balaban J connectivity index is 1.49. The Hall–Kier alpha value is -4.96. The number of aryl methyl sites for hydroxylation is 2. The van der Waals surface area contributed by atoms with Gasteiger partial charge in [-0.05, 0) is 55.3 Å². The molecule has 0 atom stereocenters. The van der Waals surface area contributed by atoms with Crippen molar-refractivity contribution < 1.29 is 19.0 Å². The van der Waals surface area contributed by atoms with E-state index in [1.807, 2.05) is 61.5 Å². The predicted octanol–water partition coefficient (Wildman–Crippen LogP) is 6.57. The summed E-state index contributed by atoms with van der Waals surface area (Å²) in [6.07, 6.45) is 0. The summed E-state index contributed by atoms with van der Waals surface area (Å²) < 4.78 is 19.4. The zero-order valence-electron chi connectivity index (χ0n) is 23.2. The summed E-state index contributed by atoms with van der Waals surface area (Å²) in [5, 5.41) is 8.28. The van der Waals surface area contributed by atoms with E-state index in [2.05, 4.69) is 28.3 Å². The minimum absolute atomic E-state index is 0.215. The van der Waals surface area contributed by atoms with Gasteiger partial charge in [0.1, 0.15) is 5.69 Å². The van der Waals surface area contributed by atoms with Crippen LogP contribution in [0.3, 0.4) is 0 Å². The van der Waals surface area contributed by atoms with E-state index in [1.54, 1.807) is 31.9 Å². The first-order valence-corrected chi connectivity index (χ1v) is 13.7. The van der Waals surface area contributed by atoms with Crippen LogP contribution in [0.25, 0.3) is 38.4 Å². The van der Waals surface area contributed by atoms with Crippen molar-refractivity contribution in [2.75, 3.05) is 26.6 Å². The van der Waals surface area contributed by atoms with Gasteiger partial charge < -0.3 is 14.2 Å². The molecule has 0 saturated carbocycles. The van der Waals surface area contributed by atoms with Gasteiger partial charge in [-0.2, -0.15) is 5.10 Å². The summed E-state index contributed by atoms with van der Waals surface area (Å²) >= 11 is 1.43. The van der Waals surface area contributed by atoms with Gasteiger partial charge in [-0.3, -0.25) is 10.1 Å². The summed E-state index contributed by atoms with van der Waals surface area (Å²) in [7, 11) is 4.67. The first kappa shape index (κ1) is 26.3. The number of hydrogen-bond donors (Lipinski definition) is 1. The fourth-order valence-corrected chi connectivity index (χ4v) is 5.61. The zero-order chi connectivity index (χ0) is 28.7. The second-order valence-corrected chi connectivity index (χ2v) is 10.5. The van der Waals surface area contributed by atoms with Gasteiger partial charge in [0.25, 0.3) is 5.91 Å². The molecule has 3 aromatic heterocycles. The lowest BCUT2D eigenvalue weighted by molar-refractivity contribution is 0.102. The number of hydrogen-bond acceptors (Lipinski definition) is 8. The third-order valence-electron chi connectivity index (χ3n) is 6.91. The number of nitrogens with zero attached hydrogens (tertiary/aromatic N) is 4. The minimum Gasteiger partial charge on any atom is -0.493 e. The van der Waals surface area contributed by atoms with Gasteiger partial charge in [-0.1, -0.05) is 41.7 Å². The number of ether oxygens (including phenoxy) is 3. The second-order valence-electron chi connectivity index (χ2n) is 9.48. The first-order valence-electron chi connectivity index (χ1n) is 12.8. The van der Waals surface area contributed by atoms with Crippen LogP contribution in [0.15, 0.2) is 66.7 Å². The standard InChI is InChI=1S/C31H27N5O4S/c1-17-11-22-27(12-18(17)2)41-31(33-22)34-30(37)23-15-24(20-13-25(38-3)29(40-5)26(14-20)39-4)36-28(32-23)16-21(35-36)19-9-7-6-8-10-19/h6-16H,1-5H3,(H,33,34,37). The first-order chi connectivity index (χ1) is 19.9. The normalized spacial score (nSPS) is 11.1. The summed E-state index contributed by atoms with van der Waals surface area (Å²) in [6.45, 7) is 4.11. The molecule has 10 heteroatoms.